The van der Waals surface area contributed by atoms with Crippen LogP contribution in [0.15, 0.2) is 71.8 Å². The van der Waals surface area contributed by atoms with Crippen molar-refractivity contribution < 1.29 is 32.6 Å². The van der Waals surface area contributed by atoms with Crippen molar-refractivity contribution in [2.45, 2.75) is 12.2 Å². The smallest absolute Gasteiger partial charge is 0.437 e. The van der Waals surface area contributed by atoms with Crippen LogP contribution < -0.4 is 15.2 Å². The zero-order valence-electron chi connectivity index (χ0n) is 21.6. The van der Waals surface area contributed by atoms with Gasteiger partial charge in [-0.1, -0.05) is 24.3 Å². The Morgan fingerprint density at radius 3 is 2.66 bits per heavy atom. The molecule has 4 aromatic rings. The fourth-order valence-corrected chi connectivity index (χ4v) is 5.98. The van der Waals surface area contributed by atoms with E-state index in [0.717, 1.165) is 18.7 Å². The van der Waals surface area contributed by atoms with Crippen LogP contribution in [0.3, 0.4) is 0 Å². The maximum Gasteiger partial charge on any atom is 0.513 e. The Bertz CT molecular complexity index is 1800. The van der Waals surface area contributed by atoms with E-state index in [1.54, 1.807) is 27.9 Å². The number of amides is 1. The van der Waals surface area contributed by atoms with Gasteiger partial charge in [0.1, 0.15) is 12.2 Å². The van der Waals surface area contributed by atoms with Crippen molar-refractivity contribution in [1.29, 1.82) is 0 Å². The molecule has 3 aliphatic rings. The Labute approximate surface area is 231 Å². The molecule has 0 N–H and O–H groups in total. The minimum absolute atomic E-state index is 0.0602. The molecule has 7 rings (SSSR count). The van der Waals surface area contributed by atoms with Gasteiger partial charge < -0.3 is 23.7 Å². The summed E-state index contributed by atoms with van der Waals surface area (Å²) in [5.74, 6) is -3.07. The standard InChI is InChI=1S/C29H22F2N4O6/c1-39-29(38)41-27-21(36)10-12-34-26(27)28(37)33-13-14-40-15-22(33)35(34)25-16-5-2-3-6-19(16)32-11-4-7-20(32)23-17(25)8-9-18(30)24(23)31/h2-12,22,25H,13-15H2,1H3. The second-order valence-electron chi connectivity index (χ2n) is 9.74. The average molecular weight is 561 g/mol. The van der Waals surface area contributed by atoms with E-state index in [0.29, 0.717) is 16.9 Å². The Morgan fingerprint density at radius 2 is 1.83 bits per heavy atom. The summed E-state index contributed by atoms with van der Waals surface area (Å²) >= 11 is 0. The lowest BCUT2D eigenvalue weighted by atomic mass is 9.91. The molecule has 0 radical (unpaired) electrons. The molecule has 0 saturated carbocycles. The monoisotopic (exact) mass is 560 g/mol. The number of benzene rings is 2. The van der Waals surface area contributed by atoms with Crippen LogP contribution in [-0.4, -0.2) is 59.2 Å². The van der Waals surface area contributed by atoms with E-state index < -0.39 is 47.1 Å². The normalized spacial score (nSPS) is 18.9. The highest BCUT2D eigenvalue weighted by atomic mass is 19.2. The Morgan fingerprint density at radius 1 is 1.00 bits per heavy atom. The van der Waals surface area contributed by atoms with Crippen molar-refractivity contribution in [3.05, 3.63) is 106 Å². The average Bonchev–Trinajstić information content (AvgIpc) is 3.43. The molecular formula is C29H22F2N4O6. The van der Waals surface area contributed by atoms with E-state index in [4.69, 9.17) is 9.47 Å². The van der Waals surface area contributed by atoms with Gasteiger partial charge in [-0.05, 0) is 29.8 Å². The van der Waals surface area contributed by atoms with E-state index >= 15 is 4.39 Å². The van der Waals surface area contributed by atoms with Gasteiger partial charge in [0.15, 0.2) is 17.3 Å². The van der Waals surface area contributed by atoms with Gasteiger partial charge in [0, 0.05) is 36.1 Å². The van der Waals surface area contributed by atoms with Gasteiger partial charge in [0.2, 0.25) is 11.2 Å². The van der Waals surface area contributed by atoms with E-state index in [9.17, 15) is 18.8 Å². The molecule has 2 aromatic heterocycles. The van der Waals surface area contributed by atoms with Crippen LogP contribution in [0, 0.1) is 11.6 Å². The first kappa shape index (κ1) is 25.0. The molecule has 2 aromatic carbocycles. The summed E-state index contributed by atoms with van der Waals surface area (Å²) in [5, 5.41) is 1.78. The molecule has 0 spiro atoms. The van der Waals surface area contributed by atoms with Gasteiger partial charge in [-0.3, -0.25) is 19.3 Å². The second-order valence-corrected chi connectivity index (χ2v) is 9.74. The molecule has 208 valence electrons. The van der Waals surface area contributed by atoms with Crippen molar-refractivity contribution in [2.75, 3.05) is 31.9 Å². The van der Waals surface area contributed by atoms with Gasteiger partial charge in [-0.25, -0.2) is 13.6 Å². The van der Waals surface area contributed by atoms with Crippen LogP contribution >= 0.6 is 0 Å². The number of pyridine rings is 1. The molecule has 3 aliphatic heterocycles. The largest absolute Gasteiger partial charge is 0.513 e. The number of aromatic nitrogens is 2. The summed E-state index contributed by atoms with van der Waals surface area (Å²) in [6.45, 7) is 0.512. The SMILES string of the molecule is COC(=O)Oc1c2n(ccc1=O)N(C1c3ccccc3-n3cccc3-c3c1ccc(F)c3F)C1COCCN1C2=O. The lowest BCUT2D eigenvalue weighted by molar-refractivity contribution is -0.0197. The van der Waals surface area contributed by atoms with Crippen LogP contribution in [0.4, 0.5) is 13.6 Å². The van der Waals surface area contributed by atoms with Crippen molar-refractivity contribution in [1.82, 2.24) is 14.1 Å². The third kappa shape index (κ3) is 3.60. The molecule has 12 heteroatoms. The second kappa shape index (κ2) is 9.30. The number of fused-ring (bicyclic) bond motifs is 7. The van der Waals surface area contributed by atoms with Crippen LogP contribution in [0.2, 0.25) is 0 Å². The zero-order chi connectivity index (χ0) is 28.4. The molecule has 41 heavy (non-hydrogen) atoms. The first-order valence-corrected chi connectivity index (χ1v) is 12.8. The number of hydrogen-bond donors (Lipinski definition) is 0. The summed E-state index contributed by atoms with van der Waals surface area (Å²) in [6, 6.07) is 13.8. The number of para-hydroxylation sites is 1. The number of methoxy groups -OCH3 is 1. The maximum atomic E-state index is 15.8. The van der Waals surface area contributed by atoms with E-state index in [1.165, 1.54) is 27.9 Å². The predicted octanol–water partition coefficient (Wildman–Crippen LogP) is 3.58. The van der Waals surface area contributed by atoms with E-state index in [2.05, 4.69) is 4.74 Å². The van der Waals surface area contributed by atoms with Crippen molar-refractivity contribution >= 4 is 12.1 Å². The number of morpholine rings is 1. The first-order valence-electron chi connectivity index (χ1n) is 12.8. The number of nitrogens with zero attached hydrogens (tertiary/aromatic N) is 4. The van der Waals surface area contributed by atoms with E-state index in [1.807, 2.05) is 24.3 Å². The number of rotatable bonds is 2. The highest BCUT2D eigenvalue weighted by molar-refractivity contribution is 5.97. The zero-order valence-corrected chi connectivity index (χ0v) is 21.6. The molecule has 0 bridgehead atoms. The minimum atomic E-state index is -1.17. The molecule has 0 aliphatic carbocycles. The van der Waals surface area contributed by atoms with Gasteiger partial charge in [-0.15, -0.1) is 0 Å². The molecule has 10 nitrogen and oxygen atoms in total. The third-order valence-corrected chi connectivity index (χ3v) is 7.69. The molecule has 1 fully saturated rings. The molecule has 2 atom stereocenters. The first-order chi connectivity index (χ1) is 19.9. The molecule has 5 heterocycles. The topological polar surface area (TPSA) is 95.2 Å². The lowest BCUT2D eigenvalue weighted by Gasteiger charge is -2.51. The number of hydrogen-bond acceptors (Lipinski definition) is 7. The van der Waals surface area contributed by atoms with Gasteiger partial charge in [-0.2, -0.15) is 0 Å². The highest BCUT2D eigenvalue weighted by Crippen LogP contribution is 2.46. The number of carbonyl (C=O) groups is 2. The quantitative estimate of drug-likeness (QED) is 0.346. The van der Waals surface area contributed by atoms with Crippen LogP contribution in [0.25, 0.3) is 16.9 Å². The summed E-state index contributed by atoms with van der Waals surface area (Å²) in [4.78, 5) is 40.4. The Hall–Kier alpha value is -4.97. The molecule has 1 saturated heterocycles. The maximum absolute atomic E-state index is 15.8. The Kier molecular flexibility index (Phi) is 5.68. The van der Waals surface area contributed by atoms with Crippen LogP contribution in [-0.2, 0) is 9.47 Å². The summed E-state index contributed by atoms with van der Waals surface area (Å²) in [6.07, 6.45) is 1.29. The molecule has 2 unspecified atom stereocenters. The van der Waals surface area contributed by atoms with Crippen molar-refractivity contribution in [3.63, 3.8) is 0 Å². The minimum Gasteiger partial charge on any atom is -0.437 e. The Balaban J connectivity index is 1.56. The van der Waals surface area contributed by atoms with Crippen LogP contribution in [0.5, 0.6) is 5.75 Å². The molecule has 1 amide bonds. The third-order valence-electron chi connectivity index (χ3n) is 7.69. The van der Waals surface area contributed by atoms with Crippen molar-refractivity contribution in [2.24, 2.45) is 0 Å². The number of ether oxygens (including phenoxy) is 3. The fourth-order valence-electron chi connectivity index (χ4n) is 5.98. The fraction of sp³-hybridized carbons (Fsp3) is 0.207. The van der Waals surface area contributed by atoms with Crippen LogP contribution in [0.1, 0.15) is 27.7 Å². The van der Waals surface area contributed by atoms with Gasteiger partial charge >= 0.3 is 6.16 Å². The van der Waals surface area contributed by atoms with Gasteiger partial charge in [0.25, 0.3) is 5.91 Å². The summed E-state index contributed by atoms with van der Waals surface area (Å²) < 4.78 is 49.4. The van der Waals surface area contributed by atoms with Crippen molar-refractivity contribution in [3.8, 4) is 22.7 Å². The van der Waals surface area contributed by atoms with Gasteiger partial charge in [0.05, 0.1) is 31.7 Å². The highest BCUT2D eigenvalue weighted by Gasteiger charge is 2.47. The molecular weight excluding hydrogens is 538 g/mol. The number of carbonyl (C=O) groups excluding carboxylic acids is 2. The summed E-state index contributed by atoms with van der Waals surface area (Å²) in [7, 11) is 1.09. The lowest BCUT2D eigenvalue weighted by Crippen LogP contribution is -2.66. The van der Waals surface area contributed by atoms with E-state index in [-0.39, 0.29) is 31.0 Å². The predicted molar refractivity (Wildman–Crippen MR) is 141 cm³/mol. The number of halogens is 2. The summed E-state index contributed by atoms with van der Waals surface area (Å²) in [5.41, 5.74) is 1.46.